The number of hydrogen-bond donors (Lipinski definition) is 0. The maximum atomic E-state index is 5.91. The molecule has 1 unspecified atom stereocenters. The molecule has 1 atom stereocenters. The number of methoxy groups -OCH3 is 1. The lowest BCUT2D eigenvalue weighted by Crippen LogP contribution is -2.26. The van der Waals surface area contributed by atoms with Crippen molar-refractivity contribution >= 4 is 0 Å². The van der Waals surface area contributed by atoms with Gasteiger partial charge in [0, 0.05) is 13.5 Å². The Kier molecular flexibility index (Phi) is 8.76. The van der Waals surface area contributed by atoms with Gasteiger partial charge in [-0.15, -0.1) is 0 Å². The zero-order chi connectivity index (χ0) is 21.5. The van der Waals surface area contributed by atoms with Crippen LogP contribution in [0, 0.1) is 23.7 Å². The Morgan fingerprint density at radius 1 is 0.839 bits per heavy atom. The lowest BCUT2D eigenvalue weighted by Gasteiger charge is -2.38. The van der Waals surface area contributed by atoms with E-state index in [2.05, 4.69) is 25.1 Å². The highest BCUT2D eigenvalue weighted by Crippen LogP contribution is 2.43. The van der Waals surface area contributed by atoms with Gasteiger partial charge in [0.05, 0.1) is 0 Å². The topological polar surface area (TPSA) is 18.5 Å². The van der Waals surface area contributed by atoms with Crippen LogP contribution in [0.15, 0.2) is 18.2 Å². The Hall–Kier alpha value is -1.02. The number of benzene rings is 1. The van der Waals surface area contributed by atoms with Crippen molar-refractivity contribution in [3.8, 4) is 5.75 Å². The van der Waals surface area contributed by atoms with Crippen LogP contribution in [0.25, 0.3) is 0 Å². The van der Waals surface area contributed by atoms with E-state index in [1.807, 2.05) is 0 Å². The van der Waals surface area contributed by atoms with Gasteiger partial charge in [-0.05, 0) is 85.8 Å². The fourth-order valence-electron chi connectivity index (χ4n) is 6.69. The standard InChI is InChI=1S/C29H46O2/c1-3-4-5-6-22-9-14-25(15-10-22)26-16-11-23(12-17-26)7-8-24-13-19-28-27(21-24)18-20-29(30-2)31-28/h13,19,21-23,25-26,29H,3-12,14-18,20H2,1-2H3. The maximum absolute atomic E-state index is 5.91. The highest BCUT2D eigenvalue weighted by atomic mass is 16.7. The van der Waals surface area contributed by atoms with E-state index in [-0.39, 0.29) is 6.29 Å². The summed E-state index contributed by atoms with van der Waals surface area (Å²) >= 11 is 0. The summed E-state index contributed by atoms with van der Waals surface area (Å²) in [5.74, 6) is 5.14. The number of unbranched alkanes of at least 4 members (excludes halogenated alkanes) is 2. The van der Waals surface area contributed by atoms with Gasteiger partial charge in [-0.3, -0.25) is 0 Å². The molecule has 2 saturated carbocycles. The highest BCUT2D eigenvalue weighted by molar-refractivity contribution is 5.38. The van der Waals surface area contributed by atoms with Gasteiger partial charge in [-0.2, -0.15) is 0 Å². The molecule has 0 N–H and O–H groups in total. The molecule has 2 fully saturated rings. The van der Waals surface area contributed by atoms with E-state index in [0.717, 1.165) is 42.3 Å². The molecular formula is C29H46O2. The molecule has 2 heteroatoms. The first-order chi connectivity index (χ1) is 15.2. The van der Waals surface area contributed by atoms with Gasteiger partial charge in [0.1, 0.15) is 5.75 Å². The van der Waals surface area contributed by atoms with Gasteiger partial charge in [0.15, 0.2) is 6.29 Å². The van der Waals surface area contributed by atoms with Gasteiger partial charge in [-0.1, -0.05) is 70.4 Å². The first-order valence-corrected chi connectivity index (χ1v) is 13.6. The minimum atomic E-state index is -0.0651. The molecule has 0 bridgehead atoms. The normalized spacial score (nSPS) is 31.1. The minimum Gasteiger partial charge on any atom is -0.465 e. The van der Waals surface area contributed by atoms with Crippen LogP contribution in [0.4, 0.5) is 0 Å². The first-order valence-electron chi connectivity index (χ1n) is 13.6. The summed E-state index contributed by atoms with van der Waals surface area (Å²) in [6, 6.07) is 6.85. The quantitative estimate of drug-likeness (QED) is 0.371. The predicted molar refractivity (Wildman–Crippen MR) is 130 cm³/mol. The van der Waals surface area contributed by atoms with Gasteiger partial charge in [0.2, 0.25) is 0 Å². The molecule has 1 aliphatic heterocycles. The number of aryl methyl sites for hydroxylation is 2. The summed E-state index contributed by atoms with van der Waals surface area (Å²) in [5, 5.41) is 0. The van der Waals surface area contributed by atoms with E-state index in [0.29, 0.717) is 0 Å². The fraction of sp³-hybridized carbons (Fsp3) is 0.793. The van der Waals surface area contributed by atoms with Crippen molar-refractivity contribution in [2.45, 2.75) is 116 Å². The summed E-state index contributed by atoms with van der Waals surface area (Å²) in [6.45, 7) is 2.33. The Morgan fingerprint density at radius 3 is 2.16 bits per heavy atom. The van der Waals surface area contributed by atoms with Crippen LogP contribution in [-0.2, 0) is 17.6 Å². The van der Waals surface area contributed by atoms with Crippen LogP contribution in [-0.4, -0.2) is 13.4 Å². The Balaban J connectivity index is 1.15. The summed E-state index contributed by atoms with van der Waals surface area (Å²) < 4.78 is 11.3. The third-order valence-corrected chi connectivity index (χ3v) is 8.80. The number of ether oxygens (including phenoxy) is 2. The van der Waals surface area contributed by atoms with Crippen LogP contribution in [0.3, 0.4) is 0 Å². The van der Waals surface area contributed by atoms with Gasteiger partial charge in [0.25, 0.3) is 0 Å². The lowest BCUT2D eigenvalue weighted by molar-refractivity contribution is -0.0653. The van der Waals surface area contributed by atoms with Crippen molar-refractivity contribution in [2.75, 3.05) is 7.11 Å². The fourth-order valence-corrected chi connectivity index (χ4v) is 6.69. The molecule has 174 valence electrons. The Labute approximate surface area is 191 Å². The van der Waals surface area contributed by atoms with Crippen LogP contribution >= 0.6 is 0 Å². The zero-order valence-corrected chi connectivity index (χ0v) is 20.2. The van der Waals surface area contributed by atoms with Crippen LogP contribution in [0.1, 0.15) is 108 Å². The van der Waals surface area contributed by atoms with E-state index in [9.17, 15) is 0 Å². The molecule has 0 saturated heterocycles. The molecule has 0 spiro atoms. The van der Waals surface area contributed by atoms with Crippen LogP contribution in [0.5, 0.6) is 5.75 Å². The molecule has 1 aromatic rings. The van der Waals surface area contributed by atoms with Crippen molar-refractivity contribution in [2.24, 2.45) is 23.7 Å². The van der Waals surface area contributed by atoms with E-state index < -0.39 is 0 Å². The molecular weight excluding hydrogens is 380 g/mol. The number of fused-ring (bicyclic) bond motifs is 1. The molecule has 1 heterocycles. The average Bonchev–Trinajstić information content (AvgIpc) is 2.83. The van der Waals surface area contributed by atoms with E-state index in [1.54, 1.807) is 7.11 Å². The third-order valence-electron chi connectivity index (χ3n) is 8.80. The van der Waals surface area contributed by atoms with Crippen molar-refractivity contribution in [1.29, 1.82) is 0 Å². The molecule has 3 aliphatic rings. The molecule has 2 aliphatic carbocycles. The Morgan fingerprint density at radius 2 is 1.52 bits per heavy atom. The second kappa shape index (κ2) is 11.7. The summed E-state index contributed by atoms with van der Waals surface area (Å²) in [7, 11) is 1.73. The van der Waals surface area contributed by atoms with Crippen LogP contribution < -0.4 is 4.74 Å². The molecule has 0 amide bonds. The monoisotopic (exact) mass is 426 g/mol. The number of hydrogen-bond acceptors (Lipinski definition) is 2. The first kappa shape index (κ1) is 23.1. The molecule has 0 radical (unpaired) electrons. The maximum Gasteiger partial charge on any atom is 0.199 e. The third kappa shape index (κ3) is 6.50. The van der Waals surface area contributed by atoms with Gasteiger partial charge >= 0.3 is 0 Å². The molecule has 31 heavy (non-hydrogen) atoms. The van der Waals surface area contributed by atoms with Crippen molar-refractivity contribution in [1.82, 2.24) is 0 Å². The summed E-state index contributed by atoms with van der Waals surface area (Å²) in [4.78, 5) is 0. The predicted octanol–water partition coefficient (Wildman–Crippen LogP) is 8.11. The van der Waals surface area contributed by atoms with E-state index >= 15 is 0 Å². The van der Waals surface area contributed by atoms with Crippen LogP contribution in [0.2, 0.25) is 0 Å². The van der Waals surface area contributed by atoms with Crippen molar-refractivity contribution in [3.63, 3.8) is 0 Å². The SMILES string of the molecule is CCCCCC1CCC(C2CCC(CCc3ccc4c(c3)CCC(OC)O4)CC2)CC1. The zero-order valence-electron chi connectivity index (χ0n) is 20.2. The Bertz CT molecular complexity index is 653. The second-order valence-corrected chi connectivity index (χ2v) is 10.9. The minimum absolute atomic E-state index is 0.0651. The van der Waals surface area contributed by atoms with Gasteiger partial charge < -0.3 is 9.47 Å². The summed E-state index contributed by atoms with van der Waals surface area (Å²) in [5.41, 5.74) is 2.88. The molecule has 2 nitrogen and oxygen atoms in total. The van der Waals surface area contributed by atoms with E-state index in [4.69, 9.17) is 9.47 Å². The molecule has 0 aromatic heterocycles. The largest absolute Gasteiger partial charge is 0.465 e. The lowest BCUT2D eigenvalue weighted by atomic mass is 9.68. The highest BCUT2D eigenvalue weighted by Gasteiger charge is 2.30. The second-order valence-electron chi connectivity index (χ2n) is 10.9. The molecule has 4 rings (SSSR count). The van der Waals surface area contributed by atoms with Crippen molar-refractivity contribution < 1.29 is 9.47 Å². The number of rotatable bonds is 9. The summed E-state index contributed by atoms with van der Waals surface area (Å²) in [6.07, 6.45) is 22.5. The molecule has 1 aromatic carbocycles. The van der Waals surface area contributed by atoms with Crippen molar-refractivity contribution in [3.05, 3.63) is 29.3 Å². The van der Waals surface area contributed by atoms with Gasteiger partial charge in [-0.25, -0.2) is 0 Å². The smallest absolute Gasteiger partial charge is 0.199 e. The van der Waals surface area contributed by atoms with E-state index in [1.165, 1.54) is 101 Å². The average molecular weight is 427 g/mol.